The molecule has 0 N–H and O–H groups in total. The molecule has 30 heavy (non-hydrogen) atoms. The maximum Gasteiger partial charge on any atom is 0.323 e. The van der Waals surface area contributed by atoms with E-state index in [1.165, 1.54) is 25.5 Å². The fourth-order valence-electron chi connectivity index (χ4n) is 2.58. The number of hydrogen-bond donors (Lipinski definition) is 0. The van der Waals surface area contributed by atoms with E-state index in [-0.39, 0.29) is 12.6 Å². The third-order valence-corrected chi connectivity index (χ3v) is 7.84. The van der Waals surface area contributed by atoms with E-state index in [1.54, 1.807) is 24.3 Å². The van der Waals surface area contributed by atoms with E-state index in [2.05, 4.69) is 15.2 Å². The first-order chi connectivity index (χ1) is 14.1. The van der Waals surface area contributed by atoms with Crippen molar-refractivity contribution in [1.29, 1.82) is 0 Å². The molecule has 0 saturated heterocycles. The van der Waals surface area contributed by atoms with E-state index >= 15 is 0 Å². The van der Waals surface area contributed by atoms with Crippen molar-refractivity contribution in [3.63, 3.8) is 0 Å². The average molecular weight is 477 g/mol. The van der Waals surface area contributed by atoms with Crippen LogP contribution in [0.15, 0.2) is 40.9 Å². The Kier molecular flexibility index (Phi) is 6.48. The van der Waals surface area contributed by atoms with E-state index in [1.807, 2.05) is 0 Å². The van der Waals surface area contributed by atoms with Gasteiger partial charge in [-0.05, 0) is 25.0 Å². The van der Waals surface area contributed by atoms with Crippen LogP contribution in [0.5, 0.6) is 0 Å². The molecule has 3 rings (SSSR count). The number of hydrogen-bond acceptors (Lipinski definition) is 8. The van der Waals surface area contributed by atoms with Crippen molar-refractivity contribution >= 4 is 37.5 Å². The first-order valence-electron chi connectivity index (χ1n) is 8.80. The third kappa shape index (κ3) is 4.64. The van der Waals surface area contributed by atoms with Crippen molar-refractivity contribution in [3.05, 3.63) is 41.2 Å². The smallest absolute Gasteiger partial charge is 0.323 e. The minimum absolute atomic E-state index is 0.0998. The second-order valence-electron chi connectivity index (χ2n) is 6.70. The summed E-state index contributed by atoms with van der Waals surface area (Å²) in [7, 11) is -4.20. The van der Waals surface area contributed by atoms with Gasteiger partial charge in [-0.15, -0.1) is 9.19 Å². The van der Waals surface area contributed by atoms with E-state index in [4.69, 9.17) is 16.4 Å². The molecular weight excluding hydrogens is 456 g/mol. The summed E-state index contributed by atoms with van der Waals surface area (Å²) in [6, 6.07) is 6.46. The zero-order valence-corrected chi connectivity index (χ0v) is 18.9. The van der Waals surface area contributed by atoms with E-state index in [9.17, 15) is 16.8 Å². The van der Waals surface area contributed by atoms with Gasteiger partial charge in [-0.3, -0.25) is 0 Å². The molecule has 0 atom stereocenters. The van der Waals surface area contributed by atoms with Gasteiger partial charge < -0.3 is 4.84 Å². The summed E-state index contributed by atoms with van der Waals surface area (Å²) < 4.78 is 53.4. The number of rotatable bonds is 9. The Morgan fingerprint density at radius 3 is 2.40 bits per heavy atom. The highest BCUT2D eigenvalue weighted by molar-refractivity contribution is 7.89. The van der Waals surface area contributed by atoms with Crippen LogP contribution in [0.4, 0.5) is 0 Å². The molecule has 0 bridgehead atoms. The second kappa shape index (κ2) is 8.59. The highest BCUT2D eigenvalue weighted by Crippen LogP contribution is 2.31. The first kappa shape index (κ1) is 22.6. The van der Waals surface area contributed by atoms with Gasteiger partial charge in [-0.1, -0.05) is 28.9 Å². The number of oxime groups is 1. The minimum atomic E-state index is -4.19. The third-order valence-electron chi connectivity index (χ3n) is 4.33. The lowest BCUT2D eigenvalue weighted by molar-refractivity contribution is 0.212. The van der Waals surface area contributed by atoms with Gasteiger partial charge in [0.2, 0.25) is 0 Å². The number of benzene rings is 1. The Bertz CT molecular complexity index is 1140. The summed E-state index contributed by atoms with van der Waals surface area (Å²) in [5.74, 6) is 0. The summed E-state index contributed by atoms with van der Waals surface area (Å²) in [5.41, 5.74) is 1.00. The molecule has 164 valence electrons. The molecule has 2 aromatic rings. The van der Waals surface area contributed by atoms with Crippen molar-refractivity contribution in [2.75, 3.05) is 27.7 Å². The second-order valence-corrected chi connectivity index (χ2v) is 10.9. The standard InChI is InChI=1S/C16H21ClN6O5S2/c1-21(2)30(26,27)23-11-18-16(19-23)29(24,25)22(14-8-9-14)10-15(20-28-3)12-4-6-13(17)7-5-12/h4-7,11,14H,8-10H2,1-3H3/b20-15+. The van der Waals surface area contributed by atoms with Gasteiger partial charge in [0.25, 0.3) is 15.2 Å². The predicted molar refractivity (Wildman–Crippen MR) is 110 cm³/mol. The average Bonchev–Trinajstić information content (AvgIpc) is 3.38. The van der Waals surface area contributed by atoms with Crippen molar-refractivity contribution < 1.29 is 21.7 Å². The van der Waals surface area contributed by atoms with Crippen LogP contribution in [0.25, 0.3) is 0 Å². The molecule has 0 amide bonds. The van der Waals surface area contributed by atoms with Crippen LogP contribution in [0.2, 0.25) is 5.02 Å². The fraction of sp³-hybridized carbons (Fsp3) is 0.438. The monoisotopic (exact) mass is 476 g/mol. The molecule has 0 aliphatic heterocycles. The first-order valence-corrected chi connectivity index (χ1v) is 12.0. The van der Waals surface area contributed by atoms with Crippen LogP contribution in [0.1, 0.15) is 18.4 Å². The van der Waals surface area contributed by atoms with Gasteiger partial charge in [-0.2, -0.15) is 17.0 Å². The maximum absolute atomic E-state index is 13.2. The van der Waals surface area contributed by atoms with Gasteiger partial charge in [-0.25, -0.2) is 13.4 Å². The van der Waals surface area contributed by atoms with Crippen LogP contribution in [-0.4, -0.2) is 79.1 Å². The lowest BCUT2D eigenvalue weighted by Gasteiger charge is -2.20. The summed E-state index contributed by atoms with van der Waals surface area (Å²) in [5, 5.41) is 7.59. The Morgan fingerprint density at radius 1 is 1.23 bits per heavy atom. The maximum atomic E-state index is 13.2. The molecule has 14 heteroatoms. The summed E-state index contributed by atoms with van der Waals surface area (Å²) in [4.78, 5) is 8.63. The predicted octanol–water partition coefficient (Wildman–Crippen LogP) is 0.790. The molecule has 1 aliphatic carbocycles. The molecule has 1 heterocycles. The zero-order valence-electron chi connectivity index (χ0n) is 16.5. The molecular formula is C16H21ClN6O5S2. The Hall–Kier alpha value is -2.06. The topological polar surface area (TPSA) is 127 Å². The Balaban J connectivity index is 1.95. The quantitative estimate of drug-likeness (QED) is 0.386. The normalized spacial score (nSPS) is 15.7. The van der Waals surface area contributed by atoms with E-state index in [0.29, 0.717) is 33.2 Å². The van der Waals surface area contributed by atoms with E-state index < -0.39 is 25.4 Å². The summed E-state index contributed by atoms with van der Waals surface area (Å²) >= 11 is 5.92. The molecule has 0 unspecified atom stereocenters. The van der Waals surface area contributed by atoms with Crippen LogP contribution in [0, 0.1) is 0 Å². The van der Waals surface area contributed by atoms with Crippen LogP contribution in [0.3, 0.4) is 0 Å². The van der Waals surface area contributed by atoms with E-state index in [0.717, 1.165) is 10.6 Å². The highest BCUT2D eigenvalue weighted by atomic mass is 35.5. The number of aromatic nitrogens is 3. The molecule has 1 saturated carbocycles. The SMILES string of the molecule is CO/N=C(\CN(C1CC1)S(=O)(=O)c1ncn(S(=O)(=O)N(C)C)n1)c1ccc(Cl)cc1. The van der Waals surface area contributed by atoms with Crippen molar-refractivity contribution in [2.24, 2.45) is 5.16 Å². The molecule has 0 spiro atoms. The highest BCUT2D eigenvalue weighted by Gasteiger charge is 2.41. The largest absolute Gasteiger partial charge is 0.399 e. The van der Waals surface area contributed by atoms with Gasteiger partial charge in [0.1, 0.15) is 19.1 Å². The molecule has 1 aromatic heterocycles. The summed E-state index contributed by atoms with van der Waals surface area (Å²) in [6.07, 6.45) is 2.18. The van der Waals surface area contributed by atoms with Gasteiger partial charge in [0.05, 0.1) is 6.54 Å². The molecule has 1 aromatic carbocycles. The Morgan fingerprint density at radius 2 is 1.87 bits per heavy atom. The van der Waals surface area contributed by atoms with Crippen molar-refractivity contribution in [1.82, 2.24) is 22.8 Å². The molecule has 0 radical (unpaired) electrons. The van der Waals surface area contributed by atoms with Crippen molar-refractivity contribution in [2.45, 2.75) is 24.0 Å². The lowest BCUT2D eigenvalue weighted by atomic mass is 10.1. The number of nitrogens with zero attached hydrogens (tertiary/aromatic N) is 6. The van der Waals surface area contributed by atoms with Crippen LogP contribution >= 0.6 is 11.6 Å². The van der Waals surface area contributed by atoms with Crippen LogP contribution < -0.4 is 0 Å². The van der Waals surface area contributed by atoms with Gasteiger partial charge in [0.15, 0.2) is 0 Å². The van der Waals surface area contributed by atoms with Gasteiger partial charge >= 0.3 is 10.2 Å². The Labute approximate surface area is 180 Å². The lowest BCUT2D eigenvalue weighted by Crippen LogP contribution is -2.38. The number of sulfonamides is 1. The molecule has 1 aliphatic rings. The number of halogens is 1. The van der Waals surface area contributed by atoms with Crippen molar-refractivity contribution in [3.8, 4) is 0 Å². The zero-order chi connectivity index (χ0) is 22.1. The van der Waals surface area contributed by atoms with Gasteiger partial charge in [0, 0.05) is 30.7 Å². The van der Waals surface area contributed by atoms with Crippen LogP contribution in [-0.2, 0) is 25.1 Å². The minimum Gasteiger partial charge on any atom is -0.399 e. The summed E-state index contributed by atoms with van der Waals surface area (Å²) in [6.45, 7) is -0.0998. The fourth-order valence-corrected chi connectivity index (χ4v) is 4.92. The molecule has 1 fully saturated rings. The molecule has 11 nitrogen and oxygen atoms in total.